The van der Waals surface area contributed by atoms with Crippen LogP contribution in [0.2, 0.25) is 0 Å². The lowest BCUT2D eigenvalue weighted by Gasteiger charge is -2.38. The number of hydrogen-bond donors (Lipinski definition) is 0. The number of allylic oxidation sites excluding steroid dienone is 12. The molecule has 0 bridgehead atoms. The Morgan fingerprint density at radius 3 is 2.10 bits per heavy atom. The largest absolute Gasteiger partial charge is 0.253 e. The summed E-state index contributed by atoms with van der Waals surface area (Å²) >= 11 is 0. The average molecular weight is 470 g/mol. The van der Waals surface area contributed by atoms with E-state index in [9.17, 15) is 4.39 Å². The topological polar surface area (TPSA) is 3.24 Å². The van der Waals surface area contributed by atoms with Gasteiger partial charge >= 0.3 is 0 Å². The molecule has 0 heterocycles. The van der Waals surface area contributed by atoms with Crippen LogP contribution in [-0.2, 0) is 0 Å². The van der Waals surface area contributed by atoms with Crippen molar-refractivity contribution in [2.24, 2.45) is 0 Å². The maximum atomic E-state index is 13.6. The van der Waals surface area contributed by atoms with Crippen molar-refractivity contribution in [1.29, 1.82) is 0 Å². The molecule has 0 aliphatic rings. The Hall–Kier alpha value is -0.380. The molecule has 0 radical (unpaired) electrons. The SMILES string of the molecule is C\C=C/C(P)=C\C=C(/C)P(C(/C=C\C)=C/C=C(\C)F)N(CCCC)P(C)CCCC. The van der Waals surface area contributed by atoms with Gasteiger partial charge in [0.1, 0.15) is 0 Å². The number of nitrogens with zero attached hydrogens (tertiary/aromatic N) is 1. The van der Waals surface area contributed by atoms with Crippen LogP contribution in [-0.4, -0.2) is 23.8 Å². The predicted molar refractivity (Wildman–Crippen MR) is 145 cm³/mol. The third kappa shape index (κ3) is 12.5. The van der Waals surface area contributed by atoms with E-state index < -0.39 is 8.07 Å². The average Bonchev–Trinajstić information content (AvgIpc) is 2.71. The van der Waals surface area contributed by atoms with Crippen LogP contribution >= 0.6 is 25.4 Å². The monoisotopic (exact) mass is 469 g/mol. The second kappa shape index (κ2) is 18.2. The normalized spacial score (nSPS) is 16.9. The third-order valence-electron chi connectivity index (χ3n) is 4.45. The van der Waals surface area contributed by atoms with Crippen LogP contribution in [0.4, 0.5) is 4.39 Å². The van der Waals surface area contributed by atoms with Gasteiger partial charge in [-0.25, -0.2) is 4.39 Å². The summed E-state index contributed by atoms with van der Waals surface area (Å²) in [5, 5.41) is 3.73. The molecule has 0 aromatic carbocycles. The van der Waals surface area contributed by atoms with E-state index in [-0.39, 0.29) is 13.9 Å². The quantitative estimate of drug-likeness (QED) is 0.181. The van der Waals surface area contributed by atoms with Gasteiger partial charge in [-0.15, -0.1) is 9.24 Å². The van der Waals surface area contributed by atoms with Gasteiger partial charge in [-0.1, -0.05) is 69.2 Å². The highest BCUT2D eigenvalue weighted by Gasteiger charge is 2.26. The molecule has 5 heteroatoms. The van der Waals surface area contributed by atoms with Crippen molar-refractivity contribution in [3.63, 3.8) is 0 Å². The summed E-state index contributed by atoms with van der Waals surface area (Å²) in [5.74, 6) is -0.154. The summed E-state index contributed by atoms with van der Waals surface area (Å²) < 4.78 is 16.3. The predicted octanol–water partition coefficient (Wildman–Crippen LogP) is 9.88. The van der Waals surface area contributed by atoms with E-state index in [1.54, 1.807) is 6.08 Å². The Kier molecular flexibility index (Phi) is 18.0. The molecule has 0 rings (SSSR count). The van der Waals surface area contributed by atoms with Crippen LogP contribution in [0.3, 0.4) is 0 Å². The zero-order chi connectivity index (χ0) is 22.9. The number of halogens is 1. The van der Waals surface area contributed by atoms with Crippen LogP contribution in [0.15, 0.2) is 70.4 Å². The van der Waals surface area contributed by atoms with E-state index in [2.05, 4.69) is 71.5 Å². The van der Waals surface area contributed by atoms with Crippen molar-refractivity contribution in [2.45, 2.75) is 67.2 Å². The van der Waals surface area contributed by atoms with E-state index in [1.807, 2.05) is 26.0 Å². The van der Waals surface area contributed by atoms with Gasteiger partial charge in [-0.2, -0.15) is 0 Å². The maximum Gasteiger partial charge on any atom is 0.0968 e. The van der Waals surface area contributed by atoms with Crippen molar-refractivity contribution in [2.75, 3.05) is 19.4 Å². The van der Waals surface area contributed by atoms with Gasteiger partial charge in [0, 0.05) is 14.6 Å². The molecular formula is C25H43FNP3. The minimum atomic E-state index is -0.684. The van der Waals surface area contributed by atoms with E-state index in [1.165, 1.54) is 49.4 Å². The number of unbranched alkanes of at least 4 members (excludes halogenated alkanes) is 2. The minimum Gasteiger partial charge on any atom is -0.253 e. The van der Waals surface area contributed by atoms with Crippen LogP contribution in [0, 0.1) is 0 Å². The molecular weight excluding hydrogens is 426 g/mol. The summed E-state index contributed by atoms with van der Waals surface area (Å²) in [6, 6.07) is 0. The minimum absolute atomic E-state index is 0.154. The molecule has 0 saturated heterocycles. The van der Waals surface area contributed by atoms with E-state index in [0.717, 1.165) is 11.9 Å². The van der Waals surface area contributed by atoms with Crippen LogP contribution < -0.4 is 0 Å². The fraction of sp³-hybridized carbons (Fsp3) is 0.520. The van der Waals surface area contributed by atoms with Gasteiger partial charge < -0.3 is 0 Å². The van der Waals surface area contributed by atoms with Crippen molar-refractivity contribution in [1.82, 2.24) is 4.44 Å². The molecule has 0 N–H and O–H groups in total. The van der Waals surface area contributed by atoms with Crippen molar-refractivity contribution in [3.05, 3.63) is 70.4 Å². The molecule has 0 aliphatic heterocycles. The molecule has 0 spiro atoms. The smallest absolute Gasteiger partial charge is 0.0968 e. The molecule has 3 unspecified atom stereocenters. The molecule has 0 aliphatic carbocycles. The molecule has 170 valence electrons. The molecule has 0 amide bonds. The van der Waals surface area contributed by atoms with Gasteiger partial charge in [0.2, 0.25) is 0 Å². The number of hydrogen-bond acceptors (Lipinski definition) is 1. The molecule has 0 fully saturated rings. The Morgan fingerprint density at radius 2 is 1.57 bits per heavy atom. The Bertz CT molecular complexity index is 655. The first kappa shape index (κ1) is 29.6. The van der Waals surface area contributed by atoms with E-state index in [0.29, 0.717) is 0 Å². The van der Waals surface area contributed by atoms with Gasteiger partial charge in [0.15, 0.2) is 0 Å². The molecule has 0 aromatic rings. The molecule has 30 heavy (non-hydrogen) atoms. The van der Waals surface area contributed by atoms with Crippen molar-refractivity contribution >= 4 is 25.4 Å². The van der Waals surface area contributed by atoms with Gasteiger partial charge in [0.25, 0.3) is 0 Å². The van der Waals surface area contributed by atoms with Crippen LogP contribution in [0.5, 0.6) is 0 Å². The first-order chi connectivity index (χ1) is 14.3. The molecule has 0 saturated carbocycles. The first-order valence-corrected chi connectivity index (χ1v) is 14.8. The van der Waals surface area contributed by atoms with Crippen molar-refractivity contribution < 1.29 is 4.39 Å². The second-order valence-corrected chi connectivity index (χ2v) is 12.9. The van der Waals surface area contributed by atoms with E-state index >= 15 is 0 Å². The fourth-order valence-electron chi connectivity index (χ4n) is 2.85. The molecule has 0 aromatic heterocycles. The maximum absolute atomic E-state index is 13.6. The van der Waals surface area contributed by atoms with Crippen LogP contribution in [0.25, 0.3) is 0 Å². The van der Waals surface area contributed by atoms with Gasteiger partial charge in [-0.05, 0) is 83.5 Å². The Morgan fingerprint density at radius 1 is 0.933 bits per heavy atom. The summed E-state index contributed by atoms with van der Waals surface area (Å²) in [5.41, 5.74) is 0. The number of rotatable bonds is 14. The summed E-state index contributed by atoms with van der Waals surface area (Å²) in [4.78, 5) is 0. The zero-order valence-corrected chi connectivity index (χ0v) is 23.1. The Balaban J connectivity index is 6.42. The highest BCUT2D eigenvalue weighted by atomic mass is 31.2. The lowest BCUT2D eigenvalue weighted by atomic mass is 10.3. The van der Waals surface area contributed by atoms with Gasteiger partial charge in [0.05, 0.1) is 5.83 Å². The lowest BCUT2D eigenvalue weighted by molar-refractivity contribution is 0.636. The molecule has 1 nitrogen and oxygen atoms in total. The standard InChI is InChI=1S/C25H43FNP3/c1-8-12-20-27(29(7)21-13-9-2)30(23(6)17-18-24(28)14-10-3)25(15-11-4)19-16-22(5)26/h10-11,14-19H,8-9,12-13,20-21,28H2,1-7H3/b14-10-,15-11-,22-16+,23-17+,24-18+,25-19+. The highest BCUT2D eigenvalue weighted by Crippen LogP contribution is 2.64. The first-order valence-electron chi connectivity index (χ1n) is 11.0. The second-order valence-electron chi connectivity index (χ2n) is 7.32. The third-order valence-corrected chi connectivity index (χ3v) is 10.5. The van der Waals surface area contributed by atoms with Crippen molar-refractivity contribution in [3.8, 4) is 0 Å². The summed E-state index contributed by atoms with van der Waals surface area (Å²) in [6.07, 6.45) is 22.5. The highest BCUT2D eigenvalue weighted by molar-refractivity contribution is 7.74. The lowest BCUT2D eigenvalue weighted by Crippen LogP contribution is -2.16. The summed E-state index contributed by atoms with van der Waals surface area (Å²) in [6.45, 7) is 15.9. The molecule has 3 atom stereocenters. The summed E-state index contributed by atoms with van der Waals surface area (Å²) in [7, 11) is 1.86. The zero-order valence-electron chi connectivity index (χ0n) is 20.2. The van der Waals surface area contributed by atoms with E-state index in [4.69, 9.17) is 0 Å². The fourth-order valence-corrected chi connectivity index (χ4v) is 8.95. The van der Waals surface area contributed by atoms with Gasteiger partial charge in [-0.3, -0.25) is 4.44 Å². The van der Waals surface area contributed by atoms with Crippen LogP contribution in [0.1, 0.15) is 67.2 Å². The Labute approximate surface area is 191 Å².